The standard InChI is InChI=1S/C19H30N4O2S/c1-15(2)23-6-3-4-19(17(23)24)5-7-21(14-19)13-16-12-20-18(26-16)22-8-10-25-11-9-22/h12,15H,3-11,13-14H2,1-2H3/t19-/m1/s1. The molecule has 3 saturated heterocycles. The van der Waals surface area contributed by atoms with E-state index in [1.54, 1.807) is 11.3 Å². The van der Waals surface area contributed by atoms with Crippen LogP contribution in [-0.2, 0) is 16.1 Å². The number of thiazole rings is 1. The highest BCUT2D eigenvalue weighted by molar-refractivity contribution is 7.15. The summed E-state index contributed by atoms with van der Waals surface area (Å²) in [5, 5.41) is 1.11. The molecular formula is C19H30N4O2S. The number of carbonyl (C=O) groups is 1. The number of amides is 1. The smallest absolute Gasteiger partial charge is 0.230 e. The first kappa shape index (κ1) is 18.2. The number of ether oxygens (including phenoxy) is 1. The van der Waals surface area contributed by atoms with E-state index in [2.05, 4.69) is 33.5 Å². The Morgan fingerprint density at radius 3 is 2.81 bits per heavy atom. The second-order valence-corrected chi connectivity index (χ2v) is 9.24. The van der Waals surface area contributed by atoms with Gasteiger partial charge in [-0.15, -0.1) is 11.3 Å². The van der Waals surface area contributed by atoms with Crippen molar-refractivity contribution in [2.24, 2.45) is 5.41 Å². The van der Waals surface area contributed by atoms with Crippen molar-refractivity contribution >= 4 is 22.4 Å². The quantitative estimate of drug-likeness (QED) is 0.804. The van der Waals surface area contributed by atoms with Crippen molar-refractivity contribution in [3.63, 3.8) is 0 Å². The third-order valence-electron chi connectivity index (χ3n) is 6.03. The third kappa shape index (κ3) is 3.49. The highest BCUT2D eigenvalue weighted by atomic mass is 32.1. The van der Waals surface area contributed by atoms with Gasteiger partial charge >= 0.3 is 0 Å². The number of carbonyl (C=O) groups excluding carboxylic acids is 1. The summed E-state index contributed by atoms with van der Waals surface area (Å²) < 4.78 is 5.43. The molecule has 1 spiro atoms. The SMILES string of the molecule is CC(C)N1CCC[C@]2(CCN(Cc3cnc(N4CCOCC4)s3)C2)C1=O. The van der Waals surface area contributed by atoms with Crippen LogP contribution in [0.15, 0.2) is 6.20 Å². The molecule has 0 bridgehead atoms. The van der Waals surface area contributed by atoms with E-state index in [9.17, 15) is 4.79 Å². The van der Waals surface area contributed by atoms with Crippen LogP contribution in [0.4, 0.5) is 5.13 Å². The van der Waals surface area contributed by atoms with Crippen LogP contribution in [0, 0.1) is 5.41 Å². The molecule has 0 aliphatic carbocycles. The first-order valence-electron chi connectivity index (χ1n) is 9.88. The molecule has 1 aromatic heterocycles. The zero-order valence-corrected chi connectivity index (χ0v) is 16.8. The second-order valence-electron chi connectivity index (χ2n) is 8.15. The Kier molecular flexibility index (Phi) is 5.21. The highest BCUT2D eigenvalue weighted by Crippen LogP contribution is 2.41. The summed E-state index contributed by atoms with van der Waals surface area (Å²) in [6, 6.07) is 0.311. The maximum Gasteiger partial charge on any atom is 0.230 e. The zero-order chi connectivity index (χ0) is 18.1. The van der Waals surface area contributed by atoms with E-state index in [0.29, 0.717) is 11.9 Å². The van der Waals surface area contributed by atoms with Gasteiger partial charge in [-0.1, -0.05) is 0 Å². The van der Waals surface area contributed by atoms with Gasteiger partial charge in [-0.25, -0.2) is 4.98 Å². The first-order chi connectivity index (χ1) is 12.6. The van der Waals surface area contributed by atoms with Gasteiger partial charge in [0.2, 0.25) is 5.91 Å². The summed E-state index contributed by atoms with van der Waals surface area (Å²) >= 11 is 1.79. The Morgan fingerprint density at radius 1 is 1.23 bits per heavy atom. The fraction of sp³-hybridized carbons (Fsp3) is 0.789. The Labute approximate surface area is 160 Å². The molecule has 0 unspecified atom stereocenters. The van der Waals surface area contributed by atoms with Gasteiger partial charge in [-0.3, -0.25) is 9.69 Å². The molecule has 4 rings (SSSR count). The van der Waals surface area contributed by atoms with Crippen molar-refractivity contribution in [1.82, 2.24) is 14.8 Å². The van der Waals surface area contributed by atoms with E-state index in [1.807, 2.05) is 6.20 Å². The molecule has 7 heteroatoms. The van der Waals surface area contributed by atoms with Crippen LogP contribution in [0.2, 0.25) is 0 Å². The predicted molar refractivity (Wildman–Crippen MR) is 104 cm³/mol. The molecule has 144 valence electrons. The lowest BCUT2D eigenvalue weighted by atomic mass is 9.78. The topological polar surface area (TPSA) is 48.9 Å². The summed E-state index contributed by atoms with van der Waals surface area (Å²) in [4.78, 5) is 25.9. The summed E-state index contributed by atoms with van der Waals surface area (Å²) in [6.07, 6.45) is 5.21. The molecule has 1 amide bonds. The largest absolute Gasteiger partial charge is 0.378 e. The van der Waals surface area contributed by atoms with Crippen LogP contribution in [0.3, 0.4) is 0 Å². The van der Waals surface area contributed by atoms with Crippen LogP contribution in [-0.4, -0.2) is 72.7 Å². The van der Waals surface area contributed by atoms with Crippen LogP contribution in [0.5, 0.6) is 0 Å². The van der Waals surface area contributed by atoms with Crippen molar-refractivity contribution in [2.75, 3.05) is 50.8 Å². The van der Waals surface area contributed by atoms with Crippen molar-refractivity contribution in [1.29, 1.82) is 0 Å². The monoisotopic (exact) mass is 378 g/mol. The molecule has 26 heavy (non-hydrogen) atoms. The van der Waals surface area contributed by atoms with Crippen molar-refractivity contribution in [3.8, 4) is 0 Å². The molecule has 6 nitrogen and oxygen atoms in total. The van der Waals surface area contributed by atoms with Crippen molar-refractivity contribution < 1.29 is 9.53 Å². The fourth-order valence-electron chi connectivity index (χ4n) is 4.56. The minimum Gasteiger partial charge on any atom is -0.378 e. The number of rotatable bonds is 4. The molecule has 1 atom stereocenters. The highest BCUT2D eigenvalue weighted by Gasteiger charge is 2.48. The van der Waals surface area contributed by atoms with E-state index < -0.39 is 0 Å². The molecule has 0 aromatic carbocycles. The van der Waals surface area contributed by atoms with Gasteiger partial charge in [0.15, 0.2) is 5.13 Å². The maximum absolute atomic E-state index is 13.1. The number of likely N-dealkylation sites (tertiary alicyclic amines) is 2. The Balaban J connectivity index is 1.38. The Hall–Kier alpha value is -1.18. The van der Waals surface area contributed by atoms with E-state index in [1.165, 1.54) is 4.88 Å². The van der Waals surface area contributed by atoms with Crippen molar-refractivity contribution in [2.45, 2.75) is 45.7 Å². The molecule has 3 aliphatic heterocycles. The molecule has 3 aliphatic rings. The predicted octanol–water partition coefficient (Wildman–Crippen LogP) is 2.20. The summed E-state index contributed by atoms with van der Waals surface area (Å²) in [5.74, 6) is 0.388. The average molecular weight is 379 g/mol. The lowest BCUT2D eigenvalue weighted by Gasteiger charge is -2.41. The molecule has 0 N–H and O–H groups in total. The number of hydrogen-bond acceptors (Lipinski definition) is 6. The van der Waals surface area contributed by atoms with Gasteiger partial charge in [-0.2, -0.15) is 0 Å². The number of aromatic nitrogens is 1. The third-order valence-corrected chi connectivity index (χ3v) is 7.07. The summed E-state index contributed by atoms with van der Waals surface area (Å²) in [6.45, 7) is 11.5. The van der Waals surface area contributed by atoms with Crippen LogP contribution in [0.25, 0.3) is 0 Å². The molecule has 0 radical (unpaired) electrons. The van der Waals surface area contributed by atoms with Crippen LogP contribution >= 0.6 is 11.3 Å². The van der Waals surface area contributed by atoms with E-state index in [-0.39, 0.29) is 5.41 Å². The van der Waals surface area contributed by atoms with Gasteiger partial charge in [-0.05, 0) is 39.7 Å². The van der Waals surface area contributed by atoms with Crippen LogP contribution < -0.4 is 4.90 Å². The normalized spacial score (nSPS) is 27.9. The Bertz CT molecular complexity index is 643. The fourth-order valence-corrected chi connectivity index (χ4v) is 5.56. The number of nitrogens with zero attached hydrogens (tertiary/aromatic N) is 4. The second kappa shape index (κ2) is 7.44. The summed E-state index contributed by atoms with van der Waals surface area (Å²) in [7, 11) is 0. The number of morpholine rings is 1. The van der Waals surface area contributed by atoms with Crippen LogP contribution in [0.1, 0.15) is 38.0 Å². The molecule has 0 saturated carbocycles. The Morgan fingerprint density at radius 2 is 2.04 bits per heavy atom. The maximum atomic E-state index is 13.1. The zero-order valence-electron chi connectivity index (χ0n) is 15.9. The lowest BCUT2D eigenvalue weighted by molar-refractivity contribution is -0.147. The van der Waals surface area contributed by atoms with E-state index >= 15 is 0 Å². The minimum atomic E-state index is -0.139. The van der Waals surface area contributed by atoms with Gasteiger partial charge in [0.05, 0.1) is 18.6 Å². The molecule has 1 aromatic rings. The molecule has 3 fully saturated rings. The molecule has 4 heterocycles. The van der Waals surface area contributed by atoms with Gasteiger partial charge in [0, 0.05) is 49.8 Å². The van der Waals surface area contributed by atoms with E-state index in [0.717, 1.165) is 76.9 Å². The minimum absolute atomic E-state index is 0.139. The first-order valence-corrected chi connectivity index (χ1v) is 10.7. The average Bonchev–Trinajstić information content (AvgIpc) is 3.26. The number of piperidine rings is 1. The lowest BCUT2D eigenvalue weighted by Crippen LogP contribution is -2.52. The van der Waals surface area contributed by atoms with Gasteiger partial charge in [0.25, 0.3) is 0 Å². The number of anilines is 1. The van der Waals surface area contributed by atoms with Gasteiger partial charge in [0.1, 0.15) is 0 Å². The summed E-state index contributed by atoms with van der Waals surface area (Å²) in [5.41, 5.74) is -0.139. The van der Waals surface area contributed by atoms with Gasteiger partial charge < -0.3 is 14.5 Å². The van der Waals surface area contributed by atoms with Crippen molar-refractivity contribution in [3.05, 3.63) is 11.1 Å². The molecular weight excluding hydrogens is 348 g/mol. The van der Waals surface area contributed by atoms with E-state index in [4.69, 9.17) is 4.74 Å². The number of hydrogen-bond donors (Lipinski definition) is 0.